The van der Waals surface area contributed by atoms with Gasteiger partial charge in [0.05, 0.1) is 0 Å². The summed E-state index contributed by atoms with van der Waals surface area (Å²) in [6, 6.07) is 0. The highest BCUT2D eigenvalue weighted by molar-refractivity contribution is 7.80. The molecule has 0 aliphatic rings. The first-order chi connectivity index (χ1) is 10.8. The lowest BCUT2D eigenvalue weighted by atomic mass is 10.0. The van der Waals surface area contributed by atoms with Gasteiger partial charge in [0.1, 0.15) is 0 Å². The zero-order chi connectivity index (χ0) is 16.3. The van der Waals surface area contributed by atoms with Crippen molar-refractivity contribution in [3.8, 4) is 0 Å². The number of hydrogen-bond acceptors (Lipinski definition) is 1. The largest absolute Gasteiger partial charge is 0.176 e. The van der Waals surface area contributed by atoms with Gasteiger partial charge in [0, 0.05) is 5.25 Å². The van der Waals surface area contributed by atoms with E-state index in [1.54, 1.807) is 0 Å². The van der Waals surface area contributed by atoms with E-state index >= 15 is 0 Å². The Hall–Kier alpha value is 0.350. The molecule has 0 bridgehead atoms. The number of unbranched alkanes of at least 4 members (excludes halogenated alkanes) is 14. The first-order valence-corrected chi connectivity index (χ1v) is 11.0. The summed E-state index contributed by atoms with van der Waals surface area (Å²) in [4.78, 5) is 0. The summed E-state index contributed by atoms with van der Waals surface area (Å²) in [5, 5.41) is 0.667. The predicted molar refractivity (Wildman–Crippen MR) is 107 cm³/mol. The van der Waals surface area contributed by atoms with Gasteiger partial charge < -0.3 is 0 Å². The van der Waals surface area contributed by atoms with Crippen LogP contribution >= 0.6 is 12.6 Å². The van der Waals surface area contributed by atoms with Crippen molar-refractivity contribution >= 4 is 12.6 Å². The molecule has 0 fully saturated rings. The van der Waals surface area contributed by atoms with Crippen LogP contribution in [0, 0.1) is 0 Å². The highest BCUT2D eigenvalue weighted by Crippen LogP contribution is 2.18. The molecule has 0 heterocycles. The Bertz CT molecular complexity index is 170. The Morgan fingerprint density at radius 2 is 0.727 bits per heavy atom. The summed E-state index contributed by atoms with van der Waals surface area (Å²) in [5.41, 5.74) is 0. The van der Waals surface area contributed by atoms with Crippen LogP contribution in [-0.2, 0) is 0 Å². The summed E-state index contributed by atoms with van der Waals surface area (Å²) in [7, 11) is 0. The summed E-state index contributed by atoms with van der Waals surface area (Å²) < 4.78 is 0. The first-order valence-electron chi connectivity index (χ1n) is 10.5. The van der Waals surface area contributed by atoms with Gasteiger partial charge in [-0.3, -0.25) is 0 Å². The number of hydrogen-bond donors (Lipinski definition) is 1. The summed E-state index contributed by atoms with van der Waals surface area (Å²) in [6.07, 6.45) is 25.5. The van der Waals surface area contributed by atoms with Gasteiger partial charge in [0.25, 0.3) is 0 Å². The van der Waals surface area contributed by atoms with E-state index in [0.717, 1.165) is 0 Å². The Kier molecular flexibility index (Phi) is 19.7. The fraction of sp³-hybridized carbons (Fsp3) is 1.00. The topological polar surface area (TPSA) is 0 Å². The van der Waals surface area contributed by atoms with Gasteiger partial charge >= 0.3 is 0 Å². The van der Waals surface area contributed by atoms with Crippen molar-refractivity contribution in [2.24, 2.45) is 0 Å². The van der Waals surface area contributed by atoms with Crippen LogP contribution in [0.4, 0.5) is 0 Å². The van der Waals surface area contributed by atoms with E-state index in [4.69, 9.17) is 12.6 Å². The van der Waals surface area contributed by atoms with Crippen LogP contribution in [0.15, 0.2) is 0 Å². The molecule has 1 heteroatoms. The SMILES string of the molecule is CCCCCCCCCCC(S)CCCCCCCCCC. The molecule has 0 spiro atoms. The third-order valence-corrected chi connectivity index (χ3v) is 5.30. The lowest BCUT2D eigenvalue weighted by Crippen LogP contribution is -1.98. The van der Waals surface area contributed by atoms with Gasteiger partial charge in [-0.1, -0.05) is 117 Å². The standard InChI is InChI=1S/C21H44S/c1-3-5-7-9-11-13-15-17-19-21(22)20-18-16-14-12-10-8-6-4-2/h21-22H,3-20H2,1-2H3. The van der Waals surface area contributed by atoms with Gasteiger partial charge in [-0.25, -0.2) is 0 Å². The second-order valence-electron chi connectivity index (χ2n) is 7.18. The summed E-state index contributed by atoms with van der Waals surface area (Å²) >= 11 is 4.77. The third-order valence-electron chi connectivity index (χ3n) is 4.78. The van der Waals surface area contributed by atoms with E-state index in [9.17, 15) is 0 Å². The average Bonchev–Trinajstić information content (AvgIpc) is 2.52. The van der Waals surface area contributed by atoms with Gasteiger partial charge in [-0.15, -0.1) is 0 Å². The van der Waals surface area contributed by atoms with Crippen molar-refractivity contribution in [3.05, 3.63) is 0 Å². The van der Waals surface area contributed by atoms with Crippen molar-refractivity contribution in [1.82, 2.24) is 0 Å². The van der Waals surface area contributed by atoms with Crippen LogP contribution in [-0.4, -0.2) is 5.25 Å². The molecule has 0 saturated carbocycles. The van der Waals surface area contributed by atoms with E-state index in [1.807, 2.05) is 0 Å². The Morgan fingerprint density at radius 1 is 0.455 bits per heavy atom. The van der Waals surface area contributed by atoms with Gasteiger partial charge in [-0.2, -0.15) is 12.6 Å². The van der Waals surface area contributed by atoms with Crippen molar-refractivity contribution in [3.63, 3.8) is 0 Å². The highest BCUT2D eigenvalue weighted by Gasteiger charge is 2.02. The lowest BCUT2D eigenvalue weighted by Gasteiger charge is -2.10. The minimum Gasteiger partial charge on any atom is -0.176 e. The maximum atomic E-state index is 4.77. The zero-order valence-electron chi connectivity index (χ0n) is 15.8. The normalized spacial score (nSPS) is 11.5. The van der Waals surface area contributed by atoms with Crippen LogP contribution < -0.4 is 0 Å². The molecule has 0 aromatic carbocycles. The number of thiol groups is 1. The summed E-state index contributed by atoms with van der Waals surface area (Å²) in [5.74, 6) is 0. The van der Waals surface area contributed by atoms with Gasteiger partial charge in [-0.05, 0) is 12.8 Å². The van der Waals surface area contributed by atoms with Gasteiger partial charge in [0.15, 0.2) is 0 Å². The minimum absolute atomic E-state index is 0.667. The fourth-order valence-electron chi connectivity index (χ4n) is 3.17. The molecule has 22 heavy (non-hydrogen) atoms. The molecule has 0 aliphatic carbocycles. The van der Waals surface area contributed by atoms with E-state index in [0.29, 0.717) is 5.25 Å². The quantitative estimate of drug-likeness (QED) is 0.190. The Balaban J connectivity index is 3.11. The lowest BCUT2D eigenvalue weighted by molar-refractivity contribution is 0.532. The molecule has 0 unspecified atom stereocenters. The second-order valence-corrected chi connectivity index (χ2v) is 7.91. The van der Waals surface area contributed by atoms with E-state index < -0.39 is 0 Å². The average molecular weight is 329 g/mol. The molecular formula is C21H44S. The minimum atomic E-state index is 0.667. The van der Waals surface area contributed by atoms with Crippen LogP contribution in [0.3, 0.4) is 0 Å². The summed E-state index contributed by atoms with van der Waals surface area (Å²) in [6.45, 7) is 4.58. The molecule has 0 rings (SSSR count). The molecule has 0 aromatic rings. The molecule has 0 amide bonds. The van der Waals surface area contributed by atoms with Crippen LogP contribution in [0.1, 0.15) is 129 Å². The van der Waals surface area contributed by atoms with E-state index in [-0.39, 0.29) is 0 Å². The molecule has 0 N–H and O–H groups in total. The van der Waals surface area contributed by atoms with Gasteiger partial charge in [0.2, 0.25) is 0 Å². The molecule has 0 radical (unpaired) electrons. The highest BCUT2D eigenvalue weighted by atomic mass is 32.1. The Labute approximate surface area is 147 Å². The van der Waals surface area contributed by atoms with Crippen molar-refractivity contribution in [1.29, 1.82) is 0 Å². The second kappa shape index (κ2) is 19.4. The zero-order valence-corrected chi connectivity index (χ0v) is 16.6. The Morgan fingerprint density at radius 3 is 1.05 bits per heavy atom. The smallest absolute Gasteiger partial charge is 0.00168 e. The molecule has 134 valence electrons. The molecule has 0 saturated heterocycles. The van der Waals surface area contributed by atoms with E-state index in [2.05, 4.69) is 13.8 Å². The molecule has 0 aromatic heterocycles. The monoisotopic (exact) mass is 328 g/mol. The molecular weight excluding hydrogens is 284 g/mol. The predicted octanol–water partition coefficient (Wildman–Crippen LogP) is 8.35. The van der Waals surface area contributed by atoms with Crippen molar-refractivity contribution < 1.29 is 0 Å². The van der Waals surface area contributed by atoms with Crippen LogP contribution in [0.2, 0.25) is 0 Å². The van der Waals surface area contributed by atoms with Crippen LogP contribution in [0.25, 0.3) is 0 Å². The number of rotatable bonds is 18. The van der Waals surface area contributed by atoms with Crippen LogP contribution in [0.5, 0.6) is 0 Å². The molecule has 0 aliphatic heterocycles. The third kappa shape index (κ3) is 18.4. The molecule has 0 nitrogen and oxygen atoms in total. The van der Waals surface area contributed by atoms with E-state index in [1.165, 1.54) is 116 Å². The molecule has 0 atom stereocenters. The fourth-order valence-corrected chi connectivity index (χ4v) is 3.54. The maximum Gasteiger partial charge on any atom is 0.00168 e. The first kappa shape index (κ1) is 22.4. The maximum absolute atomic E-state index is 4.77. The van der Waals surface area contributed by atoms with Crippen molar-refractivity contribution in [2.45, 2.75) is 135 Å². The van der Waals surface area contributed by atoms with Crippen molar-refractivity contribution in [2.75, 3.05) is 0 Å².